The fourth-order valence-corrected chi connectivity index (χ4v) is 3.03. The molecule has 0 spiro atoms. The quantitative estimate of drug-likeness (QED) is 0.924. The topological polar surface area (TPSA) is 35.6 Å². The SMILES string of the molecule is Cc1cc(C)cc(N(C)C(=O)C(C)(C)N2CCNCC2)c1. The van der Waals surface area contributed by atoms with Gasteiger partial charge in [0.1, 0.15) is 0 Å². The number of likely N-dealkylation sites (N-methyl/N-ethyl adjacent to an activating group) is 1. The molecule has 4 heteroatoms. The molecule has 0 unspecified atom stereocenters. The van der Waals surface area contributed by atoms with E-state index < -0.39 is 5.54 Å². The van der Waals surface area contributed by atoms with Gasteiger partial charge in [0.05, 0.1) is 5.54 Å². The van der Waals surface area contributed by atoms with Gasteiger partial charge < -0.3 is 10.2 Å². The standard InChI is InChI=1S/C17H27N3O/c1-13-10-14(2)12-15(11-13)19(5)16(21)17(3,4)20-8-6-18-7-9-20/h10-12,18H,6-9H2,1-5H3. The zero-order valence-electron chi connectivity index (χ0n) is 13.9. The Morgan fingerprint density at radius 1 is 1.14 bits per heavy atom. The number of carbonyl (C=O) groups excluding carboxylic acids is 1. The normalized spacial score (nSPS) is 16.8. The molecule has 1 N–H and O–H groups in total. The van der Waals surface area contributed by atoms with Crippen molar-refractivity contribution in [3.05, 3.63) is 29.3 Å². The maximum absolute atomic E-state index is 13.0. The van der Waals surface area contributed by atoms with Crippen LogP contribution in [0.15, 0.2) is 18.2 Å². The van der Waals surface area contributed by atoms with Crippen LogP contribution in [0.5, 0.6) is 0 Å². The Bertz CT molecular complexity index is 499. The lowest BCUT2D eigenvalue weighted by Gasteiger charge is -2.41. The van der Waals surface area contributed by atoms with Crippen molar-refractivity contribution in [1.82, 2.24) is 10.2 Å². The largest absolute Gasteiger partial charge is 0.314 e. The molecule has 1 aromatic rings. The minimum Gasteiger partial charge on any atom is -0.314 e. The molecule has 21 heavy (non-hydrogen) atoms. The van der Waals surface area contributed by atoms with E-state index in [1.165, 1.54) is 11.1 Å². The van der Waals surface area contributed by atoms with E-state index in [9.17, 15) is 4.79 Å². The molecular formula is C17H27N3O. The molecular weight excluding hydrogens is 262 g/mol. The molecule has 4 nitrogen and oxygen atoms in total. The summed E-state index contributed by atoms with van der Waals surface area (Å²) in [6.45, 7) is 11.9. The summed E-state index contributed by atoms with van der Waals surface area (Å²) in [4.78, 5) is 17.0. The van der Waals surface area contributed by atoms with E-state index in [1.807, 2.05) is 20.9 Å². The predicted octanol–water partition coefficient (Wildman–Crippen LogP) is 1.95. The molecule has 1 heterocycles. The van der Waals surface area contributed by atoms with Crippen molar-refractivity contribution in [2.24, 2.45) is 0 Å². The molecule has 1 fully saturated rings. The number of nitrogens with zero attached hydrogens (tertiary/aromatic N) is 2. The van der Waals surface area contributed by atoms with E-state index in [1.54, 1.807) is 4.90 Å². The lowest BCUT2D eigenvalue weighted by Crippen LogP contribution is -2.60. The number of rotatable bonds is 3. The summed E-state index contributed by atoms with van der Waals surface area (Å²) in [5.41, 5.74) is 2.86. The lowest BCUT2D eigenvalue weighted by atomic mass is 9.99. The van der Waals surface area contributed by atoms with Gasteiger partial charge in [-0.25, -0.2) is 0 Å². The van der Waals surface area contributed by atoms with Gasteiger partial charge >= 0.3 is 0 Å². The first kappa shape index (κ1) is 16.0. The predicted molar refractivity (Wildman–Crippen MR) is 87.8 cm³/mol. The van der Waals surface area contributed by atoms with Gasteiger partial charge in [-0.05, 0) is 51.0 Å². The third-order valence-electron chi connectivity index (χ3n) is 4.33. The fraction of sp³-hybridized carbons (Fsp3) is 0.588. The second-order valence-corrected chi connectivity index (χ2v) is 6.51. The van der Waals surface area contributed by atoms with E-state index in [4.69, 9.17) is 0 Å². The van der Waals surface area contributed by atoms with Gasteiger partial charge in [-0.3, -0.25) is 9.69 Å². The van der Waals surface area contributed by atoms with Crippen LogP contribution in [-0.4, -0.2) is 49.6 Å². The molecule has 0 aliphatic carbocycles. The highest BCUT2D eigenvalue weighted by molar-refractivity contribution is 5.99. The summed E-state index contributed by atoms with van der Waals surface area (Å²) in [5.74, 6) is 0.148. The molecule has 0 bridgehead atoms. The number of piperazine rings is 1. The maximum Gasteiger partial charge on any atom is 0.246 e. The third kappa shape index (κ3) is 3.44. The van der Waals surface area contributed by atoms with Crippen molar-refractivity contribution >= 4 is 11.6 Å². The molecule has 1 aliphatic rings. The van der Waals surface area contributed by atoms with Gasteiger partial charge in [0, 0.05) is 38.9 Å². The lowest BCUT2D eigenvalue weighted by molar-refractivity contribution is -0.129. The second-order valence-electron chi connectivity index (χ2n) is 6.51. The minimum atomic E-state index is -0.478. The first-order valence-corrected chi connectivity index (χ1v) is 7.64. The van der Waals surface area contributed by atoms with Crippen LogP contribution in [0, 0.1) is 13.8 Å². The number of aryl methyl sites for hydroxylation is 2. The number of hydrogen-bond acceptors (Lipinski definition) is 3. The monoisotopic (exact) mass is 289 g/mol. The Morgan fingerprint density at radius 2 is 1.67 bits per heavy atom. The Morgan fingerprint density at radius 3 is 2.19 bits per heavy atom. The van der Waals surface area contributed by atoms with Crippen molar-refractivity contribution in [3.8, 4) is 0 Å². The minimum absolute atomic E-state index is 0.148. The fourth-order valence-electron chi connectivity index (χ4n) is 3.03. The van der Waals surface area contributed by atoms with Crippen LogP contribution < -0.4 is 10.2 Å². The Labute approximate surface area is 128 Å². The number of benzene rings is 1. The van der Waals surface area contributed by atoms with Gasteiger partial charge in [0.2, 0.25) is 5.91 Å². The molecule has 116 valence electrons. The third-order valence-corrected chi connectivity index (χ3v) is 4.33. The number of hydrogen-bond donors (Lipinski definition) is 1. The summed E-state index contributed by atoms with van der Waals surface area (Å²) in [7, 11) is 1.88. The van der Waals surface area contributed by atoms with Crippen molar-refractivity contribution in [1.29, 1.82) is 0 Å². The molecule has 1 amide bonds. The van der Waals surface area contributed by atoms with Crippen molar-refractivity contribution in [2.45, 2.75) is 33.2 Å². The molecule has 0 saturated carbocycles. The van der Waals surface area contributed by atoms with E-state index >= 15 is 0 Å². The van der Waals surface area contributed by atoms with Gasteiger partial charge in [0.15, 0.2) is 0 Å². The average Bonchev–Trinajstić information content (AvgIpc) is 2.45. The van der Waals surface area contributed by atoms with Crippen LogP contribution >= 0.6 is 0 Å². The Hall–Kier alpha value is -1.39. The summed E-state index contributed by atoms with van der Waals surface area (Å²) in [5, 5.41) is 3.34. The molecule has 0 aromatic heterocycles. The van der Waals surface area contributed by atoms with E-state index in [0.29, 0.717) is 0 Å². The van der Waals surface area contributed by atoms with Gasteiger partial charge in [-0.15, -0.1) is 0 Å². The molecule has 2 rings (SSSR count). The van der Waals surface area contributed by atoms with Crippen molar-refractivity contribution < 1.29 is 4.79 Å². The van der Waals surface area contributed by atoms with Crippen LogP contribution in [0.25, 0.3) is 0 Å². The Kier molecular flexibility index (Phi) is 4.69. The molecule has 0 atom stereocenters. The van der Waals surface area contributed by atoms with Crippen molar-refractivity contribution in [2.75, 3.05) is 38.1 Å². The molecule has 1 aromatic carbocycles. The van der Waals surface area contributed by atoms with E-state index in [-0.39, 0.29) is 5.91 Å². The molecule has 1 aliphatic heterocycles. The van der Waals surface area contributed by atoms with E-state index in [2.05, 4.69) is 42.3 Å². The first-order valence-electron chi connectivity index (χ1n) is 7.64. The molecule has 0 radical (unpaired) electrons. The zero-order chi connectivity index (χ0) is 15.6. The van der Waals surface area contributed by atoms with Gasteiger partial charge in [-0.1, -0.05) is 6.07 Å². The van der Waals surface area contributed by atoms with E-state index in [0.717, 1.165) is 31.9 Å². The maximum atomic E-state index is 13.0. The average molecular weight is 289 g/mol. The zero-order valence-corrected chi connectivity index (χ0v) is 13.9. The highest BCUT2D eigenvalue weighted by Crippen LogP contribution is 2.24. The molecule has 1 saturated heterocycles. The highest BCUT2D eigenvalue weighted by atomic mass is 16.2. The van der Waals surface area contributed by atoms with Gasteiger partial charge in [0.25, 0.3) is 0 Å². The summed E-state index contributed by atoms with van der Waals surface area (Å²) < 4.78 is 0. The summed E-state index contributed by atoms with van der Waals surface area (Å²) in [6, 6.07) is 6.26. The first-order chi connectivity index (χ1) is 9.82. The number of carbonyl (C=O) groups is 1. The van der Waals surface area contributed by atoms with Crippen LogP contribution in [-0.2, 0) is 4.79 Å². The summed E-state index contributed by atoms with van der Waals surface area (Å²) >= 11 is 0. The van der Waals surface area contributed by atoms with Crippen LogP contribution in [0.1, 0.15) is 25.0 Å². The highest BCUT2D eigenvalue weighted by Gasteiger charge is 2.37. The smallest absolute Gasteiger partial charge is 0.246 e. The van der Waals surface area contributed by atoms with Crippen LogP contribution in [0.4, 0.5) is 5.69 Å². The summed E-state index contributed by atoms with van der Waals surface area (Å²) in [6.07, 6.45) is 0. The number of nitrogens with one attached hydrogen (secondary N) is 1. The van der Waals surface area contributed by atoms with Gasteiger partial charge in [-0.2, -0.15) is 0 Å². The van der Waals surface area contributed by atoms with Crippen LogP contribution in [0.3, 0.4) is 0 Å². The number of amides is 1. The van der Waals surface area contributed by atoms with Crippen molar-refractivity contribution in [3.63, 3.8) is 0 Å². The second kappa shape index (κ2) is 6.16. The Balaban J connectivity index is 2.20. The number of anilines is 1. The van der Waals surface area contributed by atoms with Crippen LogP contribution in [0.2, 0.25) is 0 Å².